The predicted octanol–water partition coefficient (Wildman–Crippen LogP) is 4.20. The SMILES string of the molecule is CN(C)CC(O)CNc1nc(CSc2ccccc2)nc2sc3c(c12)CCCC3. The number of aryl methyl sites for hydroxylation is 2. The van der Waals surface area contributed by atoms with Crippen molar-refractivity contribution in [2.75, 3.05) is 32.5 Å². The lowest BCUT2D eigenvalue weighted by Gasteiger charge is -2.18. The molecule has 1 atom stereocenters. The molecular formula is C22H28N4OS2. The van der Waals surface area contributed by atoms with E-state index < -0.39 is 6.10 Å². The van der Waals surface area contributed by atoms with Gasteiger partial charge in [-0.25, -0.2) is 9.97 Å². The molecule has 4 rings (SSSR count). The van der Waals surface area contributed by atoms with Crippen LogP contribution in [0.5, 0.6) is 0 Å². The van der Waals surface area contributed by atoms with E-state index >= 15 is 0 Å². The first-order valence-corrected chi connectivity index (χ1v) is 12.0. The molecule has 0 amide bonds. The van der Waals surface area contributed by atoms with Gasteiger partial charge in [-0.05, 0) is 57.5 Å². The number of likely N-dealkylation sites (N-methyl/N-ethyl adjacent to an activating group) is 1. The third-order valence-electron chi connectivity index (χ3n) is 5.05. The van der Waals surface area contributed by atoms with Crippen LogP contribution in [0.1, 0.15) is 29.1 Å². The van der Waals surface area contributed by atoms with Crippen molar-refractivity contribution in [1.29, 1.82) is 0 Å². The standard InChI is InChI=1S/C22H28N4OS2/c1-26(2)13-15(27)12-23-21-20-17-10-6-7-11-18(17)29-22(20)25-19(24-21)14-28-16-8-4-3-5-9-16/h3-5,8-9,15,27H,6-7,10-14H2,1-2H3,(H,23,24,25). The van der Waals surface area contributed by atoms with E-state index in [0.717, 1.165) is 35.1 Å². The van der Waals surface area contributed by atoms with Gasteiger partial charge in [0.05, 0.1) is 17.2 Å². The summed E-state index contributed by atoms with van der Waals surface area (Å²) in [5.74, 6) is 2.46. The Morgan fingerprint density at radius 2 is 1.97 bits per heavy atom. The minimum Gasteiger partial charge on any atom is -0.390 e. The minimum atomic E-state index is -0.438. The van der Waals surface area contributed by atoms with Gasteiger partial charge in [0.2, 0.25) is 0 Å². The molecular weight excluding hydrogens is 400 g/mol. The van der Waals surface area contributed by atoms with Gasteiger partial charge in [-0.15, -0.1) is 23.1 Å². The quantitative estimate of drug-likeness (QED) is 0.525. The van der Waals surface area contributed by atoms with Crippen molar-refractivity contribution in [1.82, 2.24) is 14.9 Å². The summed E-state index contributed by atoms with van der Waals surface area (Å²) in [5.41, 5.74) is 1.42. The summed E-state index contributed by atoms with van der Waals surface area (Å²) in [5, 5.41) is 14.9. The molecule has 0 saturated carbocycles. The molecule has 2 heterocycles. The first kappa shape index (κ1) is 20.6. The first-order chi connectivity index (χ1) is 14.1. The summed E-state index contributed by atoms with van der Waals surface area (Å²) in [6, 6.07) is 10.4. The van der Waals surface area contributed by atoms with Crippen LogP contribution in [0.2, 0.25) is 0 Å². The highest BCUT2D eigenvalue weighted by Gasteiger charge is 2.21. The number of thioether (sulfide) groups is 1. The zero-order valence-corrected chi connectivity index (χ0v) is 18.7. The minimum absolute atomic E-state index is 0.438. The summed E-state index contributed by atoms with van der Waals surface area (Å²) >= 11 is 3.58. The maximum atomic E-state index is 10.3. The second-order valence-corrected chi connectivity index (χ2v) is 9.91. The van der Waals surface area contributed by atoms with Crippen molar-refractivity contribution in [3.63, 3.8) is 0 Å². The van der Waals surface area contributed by atoms with Gasteiger partial charge in [-0.3, -0.25) is 0 Å². The fraction of sp³-hybridized carbons (Fsp3) is 0.455. The monoisotopic (exact) mass is 428 g/mol. The maximum Gasteiger partial charge on any atom is 0.142 e. The highest BCUT2D eigenvalue weighted by Crippen LogP contribution is 2.39. The number of nitrogens with zero attached hydrogens (tertiary/aromatic N) is 3. The van der Waals surface area contributed by atoms with Crippen molar-refractivity contribution in [2.24, 2.45) is 0 Å². The van der Waals surface area contributed by atoms with Crippen LogP contribution in [-0.2, 0) is 18.6 Å². The number of nitrogens with one attached hydrogen (secondary N) is 1. The molecule has 1 aliphatic carbocycles. The molecule has 29 heavy (non-hydrogen) atoms. The van der Waals surface area contributed by atoms with Crippen LogP contribution in [0.25, 0.3) is 10.2 Å². The molecule has 5 nitrogen and oxygen atoms in total. The number of thiophene rings is 1. The Bertz CT molecular complexity index is 958. The Balaban J connectivity index is 1.61. The molecule has 2 N–H and O–H groups in total. The average Bonchev–Trinajstić information content (AvgIpc) is 3.09. The Kier molecular flexibility index (Phi) is 6.70. The van der Waals surface area contributed by atoms with E-state index in [9.17, 15) is 5.11 Å². The van der Waals surface area contributed by atoms with Crippen LogP contribution in [-0.4, -0.2) is 53.3 Å². The molecule has 1 unspecified atom stereocenters. The Morgan fingerprint density at radius 1 is 1.17 bits per heavy atom. The number of aromatic nitrogens is 2. The molecule has 0 saturated heterocycles. The van der Waals surface area contributed by atoms with E-state index in [1.165, 1.54) is 33.6 Å². The van der Waals surface area contributed by atoms with Gasteiger partial charge in [0, 0.05) is 22.9 Å². The number of anilines is 1. The smallest absolute Gasteiger partial charge is 0.142 e. The van der Waals surface area contributed by atoms with E-state index in [0.29, 0.717) is 13.1 Å². The lowest BCUT2D eigenvalue weighted by Crippen LogP contribution is -2.31. The summed E-state index contributed by atoms with van der Waals surface area (Å²) < 4.78 is 0. The Labute approximate surface area is 180 Å². The zero-order valence-electron chi connectivity index (χ0n) is 17.0. The van der Waals surface area contributed by atoms with Crippen LogP contribution in [0.15, 0.2) is 35.2 Å². The van der Waals surface area contributed by atoms with Gasteiger partial charge in [0.1, 0.15) is 16.5 Å². The molecule has 2 aromatic heterocycles. The van der Waals surface area contributed by atoms with Crippen molar-refractivity contribution in [3.05, 3.63) is 46.6 Å². The molecule has 1 aliphatic rings. The third-order valence-corrected chi connectivity index (χ3v) is 7.25. The van der Waals surface area contributed by atoms with Crippen LogP contribution in [0.3, 0.4) is 0 Å². The highest BCUT2D eigenvalue weighted by atomic mass is 32.2. The number of fused-ring (bicyclic) bond motifs is 3. The fourth-order valence-electron chi connectivity index (χ4n) is 3.76. The maximum absolute atomic E-state index is 10.3. The van der Waals surface area contributed by atoms with Gasteiger partial charge < -0.3 is 15.3 Å². The summed E-state index contributed by atoms with van der Waals surface area (Å²) in [6.07, 6.45) is 4.30. The third kappa shape index (κ3) is 5.09. The van der Waals surface area contributed by atoms with Crippen LogP contribution in [0.4, 0.5) is 5.82 Å². The van der Waals surface area contributed by atoms with Gasteiger partial charge >= 0.3 is 0 Å². The lowest BCUT2D eigenvalue weighted by atomic mass is 9.97. The van der Waals surface area contributed by atoms with E-state index in [1.807, 2.05) is 36.4 Å². The normalized spacial score (nSPS) is 14.9. The molecule has 0 spiro atoms. The Morgan fingerprint density at radius 3 is 2.76 bits per heavy atom. The van der Waals surface area contributed by atoms with Crippen molar-refractivity contribution in [2.45, 2.75) is 42.4 Å². The Hall–Kier alpha value is -1.67. The fourth-order valence-corrected chi connectivity index (χ4v) is 5.81. The van der Waals surface area contributed by atoms with E-state index in [2.05, 4.69) is 29.6 Å². The first-order valence-electron chi connectivity index (χ1n) is 10.2. The second kappa shape index (κ2) is 9.43. The van der Waals surface area contributed by atoms with E-state index in [-0.39, 0.29) is 0 Å². The van der Waals surface area contributed by atoms with Gasteiger partial charge in [0.15, 0.2) is 0 Å². The van der Waals surface area contributed by atoms with Gasteiger partial charge in [-0.1, -0.05) is 18.2 Å². The largest absolute Gasteiger partial charge is 0.390 e. The second-order valence-electron chi connectivity index (χ2n) is 7.78. The number of hydrogen-bond acceptors (Lipinski definition) is 7. The molecule has 154 valence electrons. The van der Waals surface area contributed by atoms with E-state index in [4.69, 9.17) is 9.97 Å². The molecule has 0 radical (unpaired) electrons. The topological polar surface area (TPSA) is 61.3 Å². The molecule has 7 heteroatoms. The van der Waals surface area contributed by atoms with Gasteiger partial charge in [0.25, 0.3) is 0 Å². The van der Waals surface area contributed by atoms with E-state index in [1.54, 1.807) is 11.8 Å². The van der Waals surface area contributed by atoms with Crippen LogP contribution in [0, 0.1) is 0 Å². The molecule has 0 aliphatic heterocycles. The predicted molar refractivity (Wildman–Crippen MR) is 123 cm³/mol. The molecule has 1 aromatic carbocycles. The summed E-state index contributed by atoms with van der Waals surface area (Å²) in [6.45, 7) is 1.11. The molecule has 0 bridgehead atoms. The number of aliphatic hydroxyl groups excluding tert-OH is 1. The van der Waals surface area contributed by atoms with Crippen molar-refractivity contribution in [3.8, 4) is 0 Å². The van der Waals surface area contributed by atoms with Crippen LogP contribution >= 0.6 is 23.1 Å². The number of rotatable bonds is 8. The highest BCUT2D eigenvalue weighted by molar-refractivity contribution is 7.98. The zero-order chi connectivity index (χ0) is 20.2. The van der Waals surface area contributed by atoms with Gasteiger partial charge in [-0.2, -0.15) is 0 Å². The molecule has 3 aromatic rings. The van der Waals surface area contributed by atoms with Crippen molar-refractivity contribution < 1.29 is 5.11 Å². The number of hydrogen-bond donors (Lipinski definition) is 2. The number of benzene rings is 1. The lowest BCUT2D eigenvalue weighted by molar-refractivity contribution is 0.148. The molecule has 0 fully saturated rings. The summed E-state index contributed by atoms with van der Waals surface area (Å²) in [7, 11) is 3.94. The average molecular weight is 429 g/mol. The summed E-state index contributed by atoms with van der Waals surface area (Å²) in [4.78, 5) is 15.6. The number of aliphatic hydroxyl groups is 1. The van der Waals surface area contributed by atoms with Crippen molar-refractivity contribution >= 4 is 39.1 Å². The van der Waals surface area contributed by atoms with Crippen LogP contribution < -0.4 is 5.32 Å².